The summed E-state index contributed by atoms with van der Waals surface area (Å²) in [5, 5.41) is 24.5. The first-order valence-electron chi connectivity index (χ1n) is 4.55. The summed E-state index contributed by atoms with van der Waals surface area (Å²) in [4.78, 5) is 21.9. The second kappa shape index (κ2) is 4.33. The number of rotatable bonds is 3. The number of nitrogens with one attached hydrogen (secondary N) is 2. The lowest BCUT2D eigenvalue weighted by atomic mass is 10.5. The van der Waals surface area contributed by atoms with Crippen LogP contribution >= 0.6 is 0 Å². The maximum absolute atomic E-state index is 11.1. The molecule has 9 nitrogen and oxygen atoms in total. The highest BCUT2D eigenvalue weighted by Crippen LogP contribution is 2.07. The minimum atomic E-state index is -1.20. The van der Waals surface area contributed by atoms with Crippen LogP contribution in [0.3, 0.4) is 0 Å². The van der Waals surface area contributed by atoms with Crippen LogP contribution in [0.25, 0.3) is 0 Å². The van der Waals surface area contributed by atoms with Crippen LogP contribution in [0.15, 0.2) is 21.7 Å². The SMILES string of the molecule is O=C1CN(N=Cc2ccc([NH+]([O-])O)o2)C(=O)N1. The molecule has 2 rings (SSSR count). The summed E-state index contributed by atoms with van der Waals surface area (Å²) >= 11 is 0. The Morgan fingerprint density at radius 1 is 1.59 bits per heavy atom. The fourth-order valence-corrected chi connectivity index (χ4v) is 1.19. The van der Waals surface area contributed by atoms with E-state index in [1.165, 1.54) is 12.1 Å². The topological polar surface area (TPSA) is 123 Å². The van der Waals surface area contributed by atoms with Gasteiger partial charge in [0.1, 0.15) is 6.54 Å². The molecule has 0 spiro atoms. The fraction of sp³-hybridized carbons (Fsp3) is 0.125. The van der Waals surface area contributed by atoms with Crippen molar-refractivity contribution >= 4 is 24.0 Å². The quantitative estimate of drug-likeness (QED) is 0.339. The molecule has 3 amide bonds. The van der Waals surface area contributed by atoms with Gasteiger partial charge in [0.2, 0.25) is 5.91 Å². The maximum Gasteiger partial charge on any atom is 0.344 e. The van der Waals surface area contributed by atoms with Gasteiger partial charge in [0.25, 0.3) is 0 Å². The Hall–Kier alpha value is -2.23. The van der Waals surface area contributed by atoms with Crippen LogP contribution < -0.4 is 10.5 Å². The predicted octanol–water partition coefficient (Wildman–Crippen LogP) is -1.43. The van der Waals surface area contributed by atoms with Gasteiger partial charge in [0.05, 0.1) is 6.21 Å². The molecule has 1 saturated heterocycles. The first kappa shape index (κ1) is 11.3. The van der Waals surface area contributed by atoms with Gasteiger partial charge in [-0.3, -0.25) is 10.1 Å². The van der Waals surface area contributed by atoms with Gasteiger partial charge in [-0.1, -0.05) is 0 Å². The van der Waals surface area contributed by atoms with Crippen molar-refractivity contribution in [2.45, 2.75) is 0 Å². The van der Waals surface area contributed by atoms with Gasteiger partial charge in [-0.05, 0) is 6.07 Å². The second-order valence-electron chi connectivity index (χ2n) is 3.16. The molecule has 17 heavy (non-hydrogen) atoms. The number of urea groups is 1. The van der Waals surface area contributed by atoms with Crippen molar-refractivity contribution in [3.05, 3.63) is 23.1 Å². The summed E-state index contributed by atoms with van der Waals surface area (Å²) in [5.41, 5.74) is 0. The number of carbonyl (C=O) groups is 2. The molecule has 0 saturated carbocycles. The number of hydrogen-bond acceptors (Lipinski definition) is 6. The summed E-state index contributed by atoms with van der Waals surface area (Å²) < 4.78 is 4.87. The van der Waals surface area contributed by atoms with Gasteiger partial charge in [-0.2, -0.15) is 10.3 Å². The molecule has 1 unspecified atom stereocenters. The highest BCUT2D eigenvalue weighted by molar-refractivity contribution is 6.02. The van der Waals surface area contributed by atoms with Crippen LogP contribution in [0.5, 0.6) is 0 Å². The third-order valence-corrected chi connectivity index (χ3v) is 1.94. The monoisotopic (exact) mass is 240 g/mol. The second-order valence-corrected chi connectivity index (χ2v) is 3.16. The Kier molecular flexibility index (Phi) is 2.87. The molecule has 9 heteroatoms. The van der Waals surface area contributed by atoms with Crippen molar-refractivity contribution in [1.82, 2.24) is 10.3 Å². The Bertz CT molecular complexity index is 480. The van der Waals surface area contributed by atoms with E-state index in [0.29, 0.717) is 0 Å². The molecule has 1 fully saturated rings. The molecule has 0 bridgehead atoms. The number of carbonyl (C=O) groups excluding carboxylic acids is 2. The average Bonchev–Trinajstić information content (AvgIpc) is 2.82. The molecule has 1 aromatic rings. The van der Waals surface area contributed by atoms with E-state index in [1.54, 1.807) is 0 Å². The van der Waals surface area contributed by atoms with Gasteiger partial charge >= 0.3 is 11.9 Å². The fourth-order valence-electron chi connectivity index (χ4n) is 1.19. The molecule has 0 aromatic carbocycles. The van der Waals surface area contributed by atoms with E-state index in [9.17, 15) is 14.8 Å². The average molecular weight is 240 g/mol. The van der Waals surface area contributed by atoms with E-state index in [1.807, 2.05) is 5.32 Å². The molecule has 0 aliphatic carbocycles. The summed E-state index contributed by atoms with van der Waals surface area (Å²) in [5.74, 6) is -0.499. The van der Waals surface area contributed by atoms with Crippen molar-refractivity contribution in [3.63, 3.8) is 0 Å². The first-order chi connectivity index (χ1) is 8.06. The molecule has 1 aliphatic rings. The van der Waals surface area contributed by atoms with Gasteiger partial charge in [0.15, 0.2) is 5.76 Å². The predicted molar refractivity (Wildman–Crippen MR) is 52.3 cm³/mol. The Morgan fingerprint density at radius 3 is 2.88 bits per heavy atom. The summed E-state index contributed by atoms with van der Waals surface area (Å²) in [6, 6.07) is 2.03. The zero-order valence-corrected chi connectivity index (χ0v) is 8.41. The van der Waals surface area contributed by atoms with E-state index in [4.69, 9.17) is 9.62 Å². The van der Waals surface area contributed by atoms with Crippen LogP contribution in [0, 0.1) is 5.21 Å². The van der Waals surface area contributed by atoms with Crippen LogP contribution in [0.1, 0.15) is 5.76 Å². The Morgan fingerprint density at radius 2 is 2.35 bits per heavy atom. The highest BCUT2D eigenvalue weighted by Gasteiger charge is 2.26. The number of hydrazone groups is 1. The van der Waals surface area contributed by atoms with Crippen LogP contribution in [0.4, 0.5) is 10.7 Å². The summed E-state index contributed by atoms with van der Waals surface area (Å²) in [6.45, 7) is -0.165. The van der Waals surface area contributed by atoms with E-state index in [-0.39, 0.29) is 18.2 Å². The standard InChI is InChI=1S/C8H8N4O5/c13-6-4-11(8(14)10-6)9-3-5-1-2-7(17-5)12(15)16/h1-3,12,15H,4H2,(H,10,13,14). The molecule has 1 aliphatic heterocycles. The van der Waals surface area contributed by atoms with Crippen LogP contribution in [0.2, 0.25) is 0 Å². The molecular weight excluding hydrogens is 232 g/mol. The van der Waals surface area contributed by atoms with Crippen LogP contribution in [-0.4, -0.2) is 34.9 Å². The number of imide groups is 1. The van der Waals surface area contributed by atoms with Crippen molar-refractivity contribution in [2.24, 2.45) is 5.10 Å². The number of nitrogens with zero attached hydrogens (tertiary/aromatic N) is 2. The number of hydrogen-bond donors (Lipinski definition) is 3. The van der Waals surface area contributed by atoms with Gasteiger partial charge < -0.3 is 9.62 Å². The molecule has 1 atom stereocenters. The first-order valence-corrected chi connectivity index (χ1v) is 4.55. The molecule has 90 valence electrons. The molecular formula is C8H8N4O5. The minimum absolute atomic E-state index is 0.165. The third-order valence-electron chi connectivity index (χ3n) is 1.94. The van der Waals surface area contributed by atoms with E-state index < -0.39 is 17.2 Å². The van der Waals surface area contributed by atoms with Crippen molar-refractivity contribution in [3.8, 4) is 0 Å². The third kappa shape index (κ3) is 2.47. The lowest BCUT2D eigenvalue weighted by Gasteiger charge is -2.06. The van der Waals surface area contributed by atoms with Gasteiger partial charge in [-0.15, -0.1) is 0 Å². The summed E-state index contributed by atoms with van der Waals surface area (Å²) in [7, 11) is 0. The van der Waals surface area contributed by atoms with Crippen LogP contribution in [-0.2, 0) is 4.79 Å². The van der Waals surface area contributed by atoms with E-state index >= 15 is 0 Å². The Labute approximate surface area is 94.4 Å². The largest absolute Gasteiger partial charge is 0.592 e. The molecule has 3 N–H and O–H groups in total. The molecule has 0 radical (unpaired) electrons. The van der Waals surface area contributed by atoms with Crippen molar-refractivity contribution in [1.29, 1.82) is 0 Å². The minimum Gasteiger partial charge on any atom is -0.592 e. The number of quaternary nitrogens is 1. The lowest BCUT2D eigenvalue weighted by molar-refractivity contribution is -0.997. The van der Waals surface area contributed by atoms with E-state index in [2.05, 4.69) is 5.10 Å². The summed E-state index contributed by atoms with van der Waals surface area (Å²) in [6.07, 6.45) is 1.16. The van der Waals surface area contributed by atoms with Gasteiger partial charge in [-0.25, -0.2) is 15.0 Å². The maximum atomic E-state index is 11.1. The molecule has 1 aromatic heterocycles. The normalized spacial score (nSPS) is 17.9. The van der Waals surface area contributed by atoms with Gasteiger partial charge in [0, 0.05) is 6.07 Å². The van der Waals surface area contributed by atoms with Crippen molar-refractivity contribution in [2.75, 3.05) is 6.54 Å². The van der Waals surface area contributed by atoms with Crippen molar-refractivity contribution < 1.29 is 24.4 Å². The Balaban J connectivity index is 2.05. The van der Waals surface area contributed by atoms with E-state index in [0.717, 1.165) is 11.2 Å². The lowest BCUT2D eigenvalue weighted by Crippen LogP contribution is -2.99. The zero-order valence-electron chi connectivity index (χ0n) is 8.41. The number of amides is 3. The number of furan rings is 1. The zero-order chi connectivity index (χ0) is 12.4. The smallest absolute Gasteiger partial charge is 0.344 e. The molecule has 2 heterocycles. The highest BCUT2D eigenvalue weighted by atomic mass is 16.8.